The van der Waals surface area contributed by atoms with Crippen molar-refractivity contribution >= 4 is 52.8 Å². The maximum atomic E-state index is 14.2. The smallest absolute Gasteiger partial charge is 0.408 e. The van der Waals surface area contributed by atoms with Crippen molar-refractivity contribution in [2.45, 2.75) is 81.4 Å². The lowest BCUT2D eigenvalue weighted by molar-refractivity contribution is -0.143. The van der Waals surface area contributed by atoms with Crippen molar-refractivity contribution in [3.05, 3.63) is 35.4 Å². The molecule has 218 valence electrons. The second kappa shape index (κ2) is 11.2. The molecule has 1 aromatic rings. The number of fused-ring (bicyclic) bond motifs is 2. The van der Waals surface area contributed by atoms with Gasteiger partial charge in [0.2, 0.25) is 17.6 Å². The summed E-state index contributed by atoms with van der Waals surface area (Å²) in [5.41, 5.74) is 6.57. The van der Waals surface area contributed by atoms with Crippen molar-refractivity contribution in [2.24, 2.45) is 23.5 Å². The molecule has 4 rings (SSSR count). The van der Waals surface area contributed by atoms with E-state index >= 15 is 0 Å². The maximum absolute atomic E-state index is 14.2. The number of alkyl carbamates (subject to hydrolysis) is 1. The molecule has 2 aliphatic carbocycles. The minimum atomic E-state index is -1.22. The predicted molar refractivity (Wildman–Crippen MR) is 148 cm³/mol. The molecule has 0 spiro atoms. The first kappa shape index (κ1) is 30.1. The number of hydrogen-bond acceptors (Lipinski definition) is 6. The first-order valence-electron chi connectivity index (χ1n) is 13.5. The van der Waals surface area contributed by atoms with E-state index in [4.69, 9.17) is 33.7 Å². The lowest BCUT2D eigenvalue weighted by atomic mass is 9.94. The van der Waals surface area contributed by atoms with Gasteiger partial charge in [0.1, 0.15) is 22.0 Å². The number of rotatable bonds is 9. The van der Waals surface area contributed by atoms with Crippen LogP contribution in [-0.4, -0.2) is 69.1 Å². The van der Waals surface area contributed by atoms with Crippen molar-refractivity contribution < 1.29 is 28.7 Å². The molecular weight excluding hydrogens is 559 g/mol. The number of benzene rings is 1. The number of alkyl halides is 2. The van der Waals surface area contributed by atoms with E-state index in [0.717, 1.165) is 11.1 Å². The number of hydrogen-bond donors (Lipinski definition) is 3. The van der Waals surface area contributed by atoms with Gasteiger partial charge in [-0.3, -0.25) is 19.2 Å². The van der Waals surface area contributed by atoms with E-state index in [1.54, 1.807) is 27.7 Å². The highest BCUT2D eigenvalue weighted by Gasteiger charge is 2.74. The monoisotopic (exact) mass is 594 g/mol. The Bertz CT molecular complexity index is 1190. The molecule has 1 heterocycles. The average molecular weight is 596 g/mol. The first-order chi connectivity index (χ1) is 18.7. The number of carbonyl (C=O) groups excluding carboxylic acids is 5. The summed E-state index contributed by atoms with van der Waals surface area (Å²) in [6, 6.07) is 4.61. The Morgan fingerprint density at radius 2 is 1.70 bits per heavy atom. The van der Waals surface area contributed by atoms with Gasteiger partial charge in [-0.2, -0.15) is 0 Å². The molecule has 10 nitrogen and oxygen atoms in total. The fourth-order valence-electron chi connectivity index (χ4n) is 5.94. The summed E-state index contributed by atoms with van der Waals surface area (Å²) in [6.45, 7) is 7.07. The third-order valence-electron chi connectivity index (χ3n) is 7.83. The molecule has 5 atom stereocenters. The Labute approximate surface area is 243 Å². The van der Waals surface area contributed by atoms with E-state index < -0.39 is 63.6 Å². The van der Waals surface area contributed by atoms with Crippen LogP contribution in [0.4, 0.5) is 4.79 Å². The molecule has 12 heteroatoms. The van der Waals surface area contributed by atoms with Crippen molar-refractivity contribution in [1.29, 1.82) is 0 Å². The van der Waals surface area contributed by atoms with Crippen LogP contribution < -0.4 is 16.4 Å². The minimum Gasteiger partial charge on any atom is -0.444 e. The van der Waals surface area contributed by atoms with Gasteiger partial charge in [-0.05, 0) is 57.1 Å². The first-order valence-corrected chi connectivity index (χ1v) is 14.3. The largest absolute Gasteiger partial charge is 0.444 e. The third kappa shape index (κ3) is 6.07. The van der Waals surface area contributed by atoms with Gasteiger partial charge in [-0.1, -0.05) is 37.6 Å². The van der Waals surface area contributed by atoms with Gasteiger partial charge in [0.25, 0.3) is 5.91 Å². The molecule has 0 aromatic heterocycles. The number of primary amides is 1. The number of nitrogens with two attached hydrogens (primary N) is 1. The van der Waals surface area contributed by atoms with Crippen molar-refractivity contribution in [3.8, 4) is 0 Å². The zero-order chi connectivity index (χ0) is 29.6. The summed E-state index contributed by atoms with van der Waals surface area (Å²) in [5.74, 6) is -4.41. The standard InChI is InChI=1S/C28H36Cl2N4O6/c1-5-8-18(22(35)23(31)36)32-24(37)21-19-17(28(19,29)30)13-34(21)25(38)20(33-26(39)40-27(2,3)4)16-11-14-9-6-7-10-15(14)12-16/h6-7,9-10,16-21H,5,8,11-13H2,1-4H3,(H2,31,36)(H,32,37)(H,33,39)/t17-,18+,19-,20-,21-/m0/s1. The van der Waals surface area contributed by atoms with Crippen LogP contribution in [0.1, 0.15) is 51.7 Å². The van der Waals surface area contributed by atoms with Crippen LogP contribution in [-0.2, 0) is 36.8 Å². The number of ketones is 1. The Kier molecular flexibility index (Phi) is 8.43. The highest BCUT2D eigenvalue weighted by Crippen LogP contribution is 2.65. The number of carbonyl (C=O) groups is 5. The zero-order valence-electron chi connectivity index (χ0n) is 23.0. The number of piperidine rings is 1. The quantitative estimate of drug-likeness (QED) is 0.295. The SMILES string of the molecule is CCC[C@@H](NC(=O)[C@@H]1[C@@H]2[C@H](CN1C(=O)[C@@H](NC(=O)OC(C)(C)C)C1Cc3ccccc3C1)C2(Cl)Cl)C(=O)C(N)=O. The summed E-state index contributed by atoms with van der Waals surface area (Å²) in [5, 5.41) is 5.37. The van der Waals surface area contributed by atoms with Gasteiger partial charge < -0.3 is 26.0 Å². The molecule has 1 saturated carbocycles. The molecule has 1 aliphatic heterocycles. The highest BCUT2D eigenvalue weighted by atomic mass is 35.5. The third-order valence-corrected chi connectivity index (χ3v) is 8.89. The molecule has 3 aliphatic rings. The minimum absolute atomic E-state index is 0.100. The molecule has 0 bridgehead atoms. The summed E-state index contributed by atoms with van der Waals surface area (Å²) in [7, 11) is 0. The van der Waals surface area contributed by atoms with Gasteiger partial charge in [-0.25, -0.2) is 4.79 Å². The number of Topliss-reactive ketones (excluding diaryl/α,β-unsaturated/α-hetero) is 1. The molecule has 2 fully saturated rings. The summed E-state index contributed by atoms with van der Waals surface area (Å²) in [4.78, 5) is 65.9. The molecule has 1 saturated heterocycles. The van der Waals surface area contributed by atoms with Crippen LogP contribution >= 0.6 is 23.2 Å². The van der Waals surface area contributed by atoms with E-state index in [1.807, 2.05) is 24.3 Å². The molecular formula is C28H36Cl2N4O6. The summed E-state index contributed by atoms with van der Waals surface area (Å²) >= 11 is 12.9. The van der Waals surface area contributed by atoms with Crippen LogP contribution in [0.15, 0.2) is 24.3 Å². The number of nitrogens with zero attached hydrogens (tertiary/aromatic N) is 1. The van der Waals surface area contributed by atoms with Crippen molar-refractivity contribution in [3.63, 3.8) is 0 Å². The number of halogens is 2. The fraction of sp³-hybridized carbons (Fsp3) is 0.607. The van der Waals surface area contributed by atoms with Crippen LogP contribution in [0.2, 0.25) is 0 Å². The number of amides is 4. The second-order valence-electron chi connectivity index (χ2n) is 11.9. The molecule has 1 aromatic carbocycles. The Morgan fingerprint density at radius 1 is 1.10 bits per heavy atom. The molecule has 0 radical (unpaired) electrons. The topological polar surface area (TPSA) is 148 Å². The lowest BCUT2D eigenvalue weighted by Gasteiger charge is -2.35. The molecule has 4 N–H and O–H groups in total. The Balaban J connectivity index is 1.60. The van der Waals surface area contributed by atoms with E-state index in [-0.39, 0.29) is 24.8 Å². The van der Waals surface area contributed by atoms with Crippen molar-refractivity contribution in [2.75, 3.05) is 6.54 Å². The van der Waals surface area contributed by atoms with Gasteiger partial charge >= 0.3 is 6.09 Å². The summed E-state index contributed by atoms with van der Waals surface area (Å²) in [6.07, 6.45) is 1.06. The number of ether oxygens (including phenoxy) is 1. The van der Waals surface area contributed by atoms with Crippen LogP contribution in [0.25, 0.3) is 0 Å². The van der Waals surface area contributed by atoms with Crippen LogP contribution in [0, 0.1) is 17.8 Å². The zero-order valence-corrected chi connectivity index (χ0v) is 24.6. The number of likely N-dealkylation sites (tertiary alicyclic amines) is 1. The highest BCUT2D eigenvalue weighted by molar-refractivity contribution is 6.51. The molecule has 0 unspecified atom stereocenters. The van der Waals surface area contributed by atoms with E-state index in [9.17, 15) is 24.0 Å². The van der Waals surface area contributed by atoms with E-state index in [2.05, 4.69) is 10.6 Å². The van der Waals surface area contributed by atoms with E-state index in [1.165, 1.54) is 4.90 Å². The van der Waals surface area contributed by atoms with Gasteiger partial charge in [-0.15, -0.1) is 23.2 Å². The average Bonchev–Trinajstić information content (AvgIpc) is 3.24. The van der Waals surface area contributed by atoms with Crippen LogP contribution in [0.3, 0.4) is 0 Å². The van der Waals surface area contributed by atoms with Crippen molar-refractivity contribution in [1.82, 2.24) is 15.5 Å². The van der Waals surface area contributed by atoms with Crippen LogP contribution in [0.5, 0.6) is 0 Å². The van der Waals surface area contributed by atoms with Gasteiger partial charge in [0, 0.05) is 18.4 Å². The second-order valence-corrected chi connectivity index (χ2v) is 13.3. The Hall–Kier alpha value is -2.85. The lowest BCUT2D eigenvalue weighted by Crippen LogP contribution is -2.59. The number of nitrogens with one attached hydrogen (secondary N) is 2. The normalized spacial score (nSPS) is 24.4. The predicted octanol–water partition coefficient (Wildman–Crippen LogP) is 2.26. The molecule has 40 heavy (non-hydrogen) atoms. The Morgan fingerprint density at radius 3 is 2.23 bits per heavy atom. The fourth-order valence-corrected chi connectivity index (χ4v) is 6.77. The van der Waals surface area contributed by atoms with Gasteiger partial charge in [0.05, 0.1) is 6.04 Å². The van der Waals surface area contributed by atoms with E-state index in [0.29, 0.717) is 19.3 Å². The summed E-state index contributed by atoms with van der Waals surface area (Å²) < 4.78 is 4.24. The maximum Gasteiger partial charge on any atom is 0.408 e. The van der Waals surface area contributed by atoms with Gasteiger partial charge in [0.15, 0.2) is 0 Å². The molecule has 4 amide bonds.